The largest absolute Gasteiger partial charge is 0.485 e. The molecule has 0 unspecified atom stereocenters. The molecular weight excluding hydrogens is 274 g/mol. The summed E-state index contributed by atoms with van der Waals surface area (Å²) in [5, 5.41) is 0. The van der Waals surface area contributed by atoms with Crippen LogP contribution in [-0.2, 0) is 0 Å². The van der Waals surface area contributed by atoms with Crippen LogP contribution in [0.25, 0.3) is 0 Å². The summed E-state index contributed by atoms with van der Waals surface area (Å²) in [7, 11) is 0. The monoisotopic (exact) mass is 293 g/mol. The minimum atomic E-state index is 0.651. The van der Waals surface area contributed by atoms with Gasteiger partial charge in [0.15, 0.2) is 11.5 Å². The molecule has 112 valence electrons. The first kappa shape index (κ1) is 13.3. The van der Waals surface area contributed by atoms with E-state index < -0.39 is 0 Å². The minimum absolute atomic E-state index is 0.651. The Bertz CT molecular complexity index is 679. The third-order valence-corrected chi connectivity index (χ3v) is 4.32. The number of benzene rings is 2. The van der Waals surface area contributed by atoms with Gasteiger partial charge < -0.3 is 14.4 Å². The van der Waals surface area contributed by atoms with Gasteiger partial charge in [-0.2, -0.15) is 0 Å². The van der Waals surface area contributed by atoms with E-state index in [-0.39, 0.29) is 0 Å². The van der Waals surface area contributed by atoms with Crippen molar-refractivity contribution in [2.75, 3.05) is 31.2 Å². The van der Waals surface area contributed by atoms with Crippen molar-refractivity contribution in [2.24, 2.45) is 0 Å². The van der Waals surface area contributed by atoms with E-state index in [9.17, 15) is 0 Å². The van der Waals surface area contributed by atoms with Crippen molar-refractivity contribution in [1.82, 2.24) is 0 Å². The second-order valence-electron chi connectivity index (χ2n) is 5.92. The summed E-state index contributed by atoms with van der Waals surface area (Å²) in [6.45, 7) is 5.26. The van der Waals surface area contributed by atoms with E-state index in [1.807, 2.05) is 24.3 Å². The van der Waals surface area contributed by atoms with Crippen LogP contribution >= 0.6 is 0 Å². The van der Waals surface area contributed by atoms with E-state index in [1.54, 1.807) is 0 Å². The van der Waals surface area contributed by atoms with Crippen LogP contribution in [0.15, 0.2) is 59.7 Å². The molecule has 0 N–H and O–H groups in total. The second-order valence-corrected chi connectivity index (χ2v) is 5.92. The molecule has 2 heterocycles. The molecule has 0 saturated heterocycles. The standard InChI is InChI=1S/C19H19NO2/c1-14-6-8-17(9-7-14)20-10-15-12-21-18-4-2-3-5-19(18)22-13-16(15)11-20/h2-9H,10-13H2,1H3. The first-order chi connectivity index (χ1) is 10.8. The molecule has 0 atom stereocenters. The molecule has 0 aromatic heterocycles. The average molecular weight is 293 g/mol. The molecule has 3 nitrogen and oxygen atoms in total. The van der Waals surface area contributed by atoms with E-state index in [4.69, 9.17) is 9.47 Å². The van der Waals surface area contributed by atoms with Crippen LogP contribution in [0.4, 0.5) is 5.69 Å². The van der Waals surface area contributed by atoms with Gasteiger partial charge in [-0.3, -0.25) is 0 Å². The molecule has 0 saturated carbocycles. The fraction of sp³-hybridized carbons (Fsp3) is 0.263. The SMILES string of the molecule is Cc1ccc(N2CC3=C(COc4ccccc4OC3)C2)cc1. The lowest BCUT2D eigenvalue weighted by molar-refractivity contribution is 0.284. The van der Waals surface area contributed by atoms with Crippen LogP contribution in [0.5, 0.6) is 11.5 Å². The Balaban J connectivity index is 1.53. The van der Waals surface area contributed by atoms with Gasteiger partial charge in [0.1, 0.15) is 13.2 Å². The van der Waals surface area contributed by atoms with E-state index in [2.05, 4.69) is 36.1 Å². The van der Waals surface area contributed by atoms with E-state index in [0.717, 1.165) is 24.6 Å². The molecule has 4 rings (SSSR count). The van der Waals surface area contributed by atoms with Crippen molar-refractivity contribution in [3.05, 3.63) is 65.2 Å². The van der Waals surface area contributed by atoms with Crippen LogP contribution in [0.2, 0.25) is 0 Å². The highest BCUT2D eigenvalue weighted by molar-refractivity contribution is 5.54. The molecule has 2 aliphatic rings. The Morgan fingerprint density at radius 2 is 1.32 bits per heavy atom. The highest BCUT2D eigenvalue weighted by atomic mass is 16.5. The Morgan fingerprint density at radius 3 is 1.86 bits per heavy atom. The summed E-state index contributed by atoms with van der Waals surface area (Å²) in [4.78, 5) is 2.38. The van der Waals surface area contributed by atoms with Crippen LogP contribution in [0, 0.1) is 6.92 Å². The van der Waals surface area contributed by atoms with Gasteiger partial charge in [-0.1, -0.05) is 29.8 Å². The predicted molar refractivity (Wildman–Crippen MR) is 87.9 cm³/mol. The number of hydrogen-bond donors (Lipinski definition) is 0. The maximum atomic E-state index is 5.94. The summed E-state index contributed by atoms with van der Waals surface area (Å²) in [5.74, 6) is 1.67. The molecule has 0 aliphatic carbocycles. The number of hydrogen-bond acceptors (Lipinski definition) is 3. The lowest BCUT2D eigenvalue weighted by Gasteiger charge is -2.19. The summed E-state index contributed by atoms with van der Waals surface area (Å²) in [6, 6.07) is 16.6. The zero-order valence-corrected chi connectivity index (χ0v) is 12.7. The predicted octanol–water partition coefficient (Wildman–Crippen LogP) is 3.58. The lowest BCUT2D eigenvalue weighted by Crippen LogP contribution is -2.21. The van der Waals surface area contributed by atoms with Gasteiger partial charge in [-0.25, -0.2) is 0 Å². The van der Waals surface area contributed by atoms with Gasteiger partial charge in [0.05, 0.1) is 0 Å². The molecule has 0 fully saturated rings. The van der Waals surface area contributed by atoms with Crippen molar-refractivity contribution in [1.29, 1.82) is 0 Å². The molecular formula is C19H19NO2. The van der Waals surface area contributed by atoms with Gasteiger partial charge >= 0.3 is 0 Å². The summed E-state index contributed by atoms with van der Waals surface area (Å²) < 4.78 is 11.9. The summed E-state index contributed by atoms with van der Waals surface area (Å²) >= 11 is 0. The molecule has 0 spiro atoms. The molecule has 0 radical (unpaired) electrons. The fourth-order valence-electron chi connectivity index (χ4n) is 2.99. The summed E-state index contributed by atoms with van der Waals surface area (Å²) in [5.41, 5.74) is 5.23. The van der Waals surface area contributed by atoms with Gasteiger partial charge in [0.25, 0.3) is 0 Å². The maximum absolute atomic E-state index is 5.94. The van der Waals surface area contributed by atoms with Crippen molar-refractivity contribution in [2.45, 2.75) is 6.92 Å². The topological polar surface area (TPSA) is 21.7 Å². The first-order valence-corrected chi connectivity index (χ1v) is 7.65. The molecule has 0 bridgehead atoms. The van der Waals surface area contributed by atoms with Gasteiger partial charge in [0.2, 0.25) is 0 Å². The fourth-order valence-corrected chi connectivity index (χ4v) is 2.99. The maximum Gasteiger partial charge on any atom is 0.161 e. The minimum Gasteiger partial charge on any atom is -0.485 e. The molecule has 0 amide bonds. The van der Waals surface area contributed by atoms with Gasteiger partial charge in [-0.05, 0) is 42.3 Å². The number of rotatable bonds is 1. The summed E-state index contributed by atoms with van der Waals surface area (Å²) in [6.07, 6.45) is 0. The smallest absolute Gasteiger partial charge is 0.161 e. The van der Waals surface area contributed by atoms with Gasteiger partial charge in [0, 0.05) is 18.8 Å². The molecule has 2 aromatic rings. The molecule has 2 aromatic carbocycles. The molecule has 22 heavy (non-hydrogen) atoms. The number of ether oxygens (including phenoxy) is 2. The van der Waals surface area contributed by atoms with Crippen LogP contribution in [0.3, 0.4) is 0 Å². The Morgan fingerprint density at radius 1 is 0.773 bits per heavy atom. The Hall–Kier alpha value is -2.42. The number of aryl methyl sites for hydroxylation is 1. The van der Waals surface area contributed by atoms with Crippen LogP contribution in [0.1, 0.15) is 5.56 Å². The van der Waals surface area contributed by atoms with Gasteiger partial charge in [-0.15, -0.1) is 0 Å². The number of para-hydroxylation sites is 2. The van der Waals surface area contributed by atoms with Crippen LogP contribution < -0.4 is 14.4 Å². The highest BCUT2D eigenvalue weighted by Crippen LogP contribution is 2.32. The zero-order chi connectivity index (χ0) is 14.9. The van der Waals surface area contributed by atoms with E-state index in [1.165, 1.54) is 22.4 Å². The number of nitrogens with zero attached hydrogens (tertiary/aromatic N) is 1. The number of anilines is 1. The normalized spacial score (nSPS) is 17.0. The number of fused-ring (bicyclic) bond motifs is 1. The van der Waals surface area contributed by atoms with Crippen molar-refractivity contribution in [3.8, 4) is 11.5 Å². The molecule has 3 heteroatoms. The lowest BCUT2D eigenvalue weighted by atomic mass is 10.1. The second kappa shape index (κ2) is 5.41. The first-order valence-electron chi connectivity index (χ1n) is 7.65. The average Bonchev–Trinajstić information content (AvgIpc) is 2.92. The third kappa shape index (κ3) is 2.43. The Labute approximate surface area is 130 Å². The van der Waals surface area contributed by atoms with Crippen LogP contribution in [-0.4, -0.2) is 26.3 Å². The van der Waals surface area contributed by atoms with Crippen molar-refractivity contribution >= 4 is 5.69 Å². The quantitative estimate of drug-likeness (QED) is 0.750. The Kier molecular flexibility index (Phi) is 3.26. The van der Waals surface area contributed by atoms with Crippen molar-refractivity contribution < 1.29 is 9.47 Å². The van der Waals surface area contributed by atoms with E-state index in [0.29, 0.717) is 13.2 Å². The zero-order valence-electron chi connectivity index (χ0n) is 12.7. The molecule has 2 aliphatic heterocycles. The highest BCUT2D eigenvalue weighted by Gasteiger charge is 2.25. The van der Waals surface area contributed by atoms with Crippen molar-refractivity contribution in [3.63, 3.8) is 0 Å². The third-order valence-electron chi connectivity index (χ3n) is 4.32. The van der Waals surface area contributed by atoms with E-state index >= 15 is 0 Å².